The van der Waals surface area contributed by atoms with E-state index in [2.05, 4.69) is 18.8 Å². The molecule has 1 N–H and O–H groups in total. The fourth-order valence-corrected chi connectivity index (χ4v) is 2.14. The molecule has 14 heavy (non-hydrogen) atoms. The van der Waals surface area contributed by atoms with Gasteiger partial charge in [0.25, 0.3) is 0 Å². The van der Waals surface area contributed by atoms with Gasteiger partial charge in [-0.15, -0.1) is 0 Å². The summed E-state index contributed by atoms with van der Waals surface area (Å²) < 4.78 is 0. The van der Waals surface area contributed by atoms with Crippen molar-refractivity contribution in [1.29, 1.82) is 0 Å². The van der Waals surface area contributed by atoms with Gasteiger partial charge in [0.15, 0.2) is 0 Å². The van der Waals surface area contributed by atoms with Crippen molar-refractivity contribution in [2.24, 2.45) is 0 Å². The van der Waals surface area contributed by atoms with Gasteiger partial charge in [-0.2, -0.15) is 0 Å². The number of hydrogen-bond acceptors (Lipinski definition) is 1. The van der Waals surface area contributed by atoms with E-state index in [0.717, 1.165) is 19.3 Å². The Morgan fingerprint density at radius 2 is 1.93 bits per heavy atom. The predicted molar refractivity (Wildman–Crippen MR) is 59.1 cm³/mol. The summed E-state index contributed by atoms with van der Waals surface area (Å²) >= 11 is 0. The Morgan fingerprint density at radius 1 is 1.36 bits per heavy atom. The van der Waals surface area contributed by atoms with E-state index in [0.29, 0.717) is 5.57 Å². The molecule has 0 heterocycles. The lowest BCUT2D eigenvalue weighted by Crippen LogP contribution is -2.49. The molecule has 1 amide bonds. The molecule has 0 aromatic rings. The van der Waals surface area contributed by atoms with E-state index in [1.807, 2.05) is 0 Å². The van der Waals surface area contributed by atoms with Crippen molar-refractivity contribution >= 4 is 5.91 Å². The van der Waals surface area contributed by atoms with Gasteiger partial charge in [-0.05, 0) is 26.2 Å². The molecule has 1 rings (SSSR count). The number of amides is 1. The third-order valence-corrected chi connectivity index (χ3v) is 3.25. The summed E-state index contributed by atoms with van der Waals surface area (Å²) in [5.41, 5.74) is 0.678. The highest BCUT2D eigenvalue weighted by atomic mass is 16.1. The van der Waals surface area contributed by atoms with Crippen LogP contribution in [-0.2, 0) is 4.79 Å². The Labute approximate surface area is 86.8 Å². The van der Waals surface area contributed by atoms with Gasteiger partial charge in [0, 0.05) is 11.1 Å². The quantitative estimate of drug-likeness (QED) is 0.689. The molecule has 0 unspecified atom stereocenters. The lowest BCUT2D eigenvalue weighted by atomic mass is 9.79. The Hall–Kier alpha value is -0.790. The lowest BCUT2D eigenvalue weighted by Gasteiger charge is -2.37. The molecule has 0 bridgehead atoms. The molecule has 1 aliphatic carbocycles. The standard InChI is InChI=1S/C12H21NO/c1-4-12(8-6-5-7-9-12)13-11(14)10(2)3/h2,4-9H2,1,3H3,(H,13,14). The highest BCUT2D eigenvalue weighted by Gasteiger charge is 2.31. The summed E-state index contributed by atoms with van der Waals surface area (Å²) in [6, 6.07) is 0. The van der Waals surface area contributed by atoms with Crippen LogP contribution in [0.5, 0.6) is 0 Å². The first kappa shape index (κ1) is 11.3. The fourth-order valence-electron chi connectivity index (χ4n) is 2.14. The summed E-state index contributed by atoms with van der Waals surface area (Å²) in [5.74, 6) is 0.0220. The summed E-state index contributed by atoms with van der Waals surface area (Å²) in [5, 5.41) is 3.14. The van der Waals surface area contributed by atoms with E-state index in [1.54, 1.807) is 6.92 Å². The minimum Gasteiger partial charge on any atom is -0.347 e. The van der Waals surface area contributed by atoms with Crippen molar-refractivity contribution in [3.63, 3.8) is 0 Å². The zero-order valence-electron chi connectivity index (χ0n) is 9.36. The molecular weight excluding hydrogens is 174 g/mol. The molecule has 1 saturated carbocycles. The molecule has 2 heteroatoms. The SMILES string of the molecule is C=C(C)C(=O)NC1(CC)CCCCC1. The summed E-state index contributed by atoms with van der Waals surface area (Å²) in [6.45, 7) is 7.60. The largest absolute Gasteiger partial charge is 0.347 e. The second-order valence-corrected chi connectivity index (χ2v) is 4.43. The monoisotopic (exact) mass is 195 g/mol. The van der Waals surface area contributed by atoms with E-state index in [9.17, 15) is 4.79 Å². The molecule has 0 radical (unpaired) electrons. The van der Waals surface area contributed by atoms with Crippen LogP contribution in [0.1, 0.15) is 52.4 Å². The van der Waals surface area contributed by atoms with Crippen LogP contribution in [0, 0.1) is 0 Å². The second-order valence-electron chi connectivity index (χ2n) is 4.43. The van der Waals surface area contributed by atoms with Crippen LogP contribution in [0.4, 0.5) is 0 Å². The van der Waals surface area contributed by atoms with Gasteiger partial charge in [0.05, 0.1) is 0 Å². The van der Waals surface area contributed by atoms with E-state index >= 15 is 0 Å². The molecule has 1 aliphatic rings. The molecular formula is C12H21NO. The van der Waals surface area contributed by atoms with Crippen molar-refractivity contribution in [2.75, 3.05) is 0 Å². The number of rotatable bonds is 3. The average molecular weight is 195 g/mol. The van der Waals surface area contributed by atoms with Crippen molar-refractivity contribution in [1.82, 2.24) is 5.32 Å². The topological polar surface area (TPSA) is 29.1 Å². The smallest absolute Gasteiger partial charge is 0.246 e. The van der Waals surface area contributed by atoms with E-state index in [1.165, 1.54) is 19.3 Å². The van der Waals surface area contributed by atoms with Gasteiger partial charge in [-0.25, -0.2) is 0 Å². The van der Waals surface area contributed by atoms with Crippen molar-refractivity contribution in [3.8, 4) is 0 Å². The van der Waals surface area contributed by atoms with Gasteiger partial charge in [0.1, 0.15) is 0 Å². The van der Waals surface area contributed by atoms with Crippen LogP contribution in [-0.4, -0.2) is 11.4 Å². The van der Waals surface area contributed by atoms with Gasteiger partial charge in [-0.1, -0.05) is 32.8 Å². The third kappa shape index (κ3) is 2.60. The lowest BCUT2D eigenvalue weighted by molar-refractivity contribution is -0.119. The Balaban J connectivity index is 2.60. The highest BCUT2D eigenvalue weighted by molar-refractivity contribution is 5.92. The number of hydrogen-bond donors (Lipinski definition) is 1. The first-order valence-electron chi connectivity index (χ1n) is 5.58. The molecule has 80 valence electrons. The summed E-state index contributed by atoms with van der Waals surface area (Å²) in [7, 11) is 0. The van der Waals surface area contributed by atoms with Gasteiger partial charge in [0.2, 0.25) is 5.91 Å². The fraction of sp³-hybridized carbons (Fsp3) is 0.750. The average Bonchev–Trinajstić information content (AvgIpc) is 2.19. The van der Waals surface area contributed by atoms with Crippen LogP contribution < -0.4 is 5.32 Å². The maximum atomic E-state index is 11.6. The zero-order chi connectivity index (χ0) is 10.6. The van der Waals surface area contributed by atoms with Gasteiger partial charge >= 0.3 is 0 Å². The van der Waals surface area contributed by atoms with Crippen LogP contribution in [0.25, 0.3) is 0 Å². The van der Waals surface area contributed by atoms with Crippen LogP contribution in [0.3, 0.4) is 0 Å². The normalized spacial score (nSPS) is 20.1. The molecule has 0 aromatic carbocycles. The first-order valence-corrected chi connectivity index (χ1v) is 5.58. The van der Waals surface area contributed by atoms with Crippen molar-refractivity contribution < 1.29 is 4.79 Å². The molecule has 0 aliphatic heterocycles. The molecule has 0 spiro atoms. The minimum atomic E-state index is 0.0220. The van der Waals surface area contributed by atoms with Crippen molar-refractivity contribution in [3.05, 3.63) is 12.2 Å². The van der Waals surface area contributed by atoms with E-state index < -0.39 is 0 Å². The third-order valence-electron chi connectivity index (χ3n) is 3.25. The highest BCUT2D eigenvalue weighted by Crippen LogP contribution is 2.30. The van der Waals surface area contributed by atoms with Crippen LogP contribution in [0.15, 0.2) is 12.2 Å². The molecule has 2 nitrogen and oxygen atoms in total. The summed E-state index contributed by atoms with van der Waals surface area (Å²) in [4.78, 5) is 11.6. The number of carbonyl (C=O) groups excluding carboxylic acids is 1. The van der Waals surface area contributed by atoms with Crippen LogP contribution in [0.2, 0.25) is 0 Å². The van der Waals surface area contributed by atoms with Crippen molar-refractivity contribution in [2.45, 2.75) is 57.9 Å². The predicted octanol–water partition coefficient (Wildman–Crippen LogP) is 2.79. The first-order chi connectivity index (χ1) is 6.59. The Bertz CT molecular complexity index is 226. The van der Waals surface area contributed by atoms with E-state index in [4.69, 9.17) is 0 Å². The second kappa shape index (κ2) is 4.63. The Morgan fingerprint density at radius 3 is 2.36 bits per heavy atom. The number of carbonyl (C=O) groups is 1. The molecule has 0 aromatic heterocycles. The molecule has 0 atom stereocenters. The molecule has 0 saturated heterocycles. The summed E-state index contributed by atoms with van der Waals surface area (Å²) in [6.07, 6.45) is 7.08. The Kier molecular flexibility index (Phi) is 3.73. The van der Waals surface area contributed by atoms with E-state index in [-0.39, 0.29) is 11.4 Å². The van der Waals surface area contributed by atoms with Gasteiger partial charge in [-0.3, -0.25) is 4.79 Å². The number of nitrogens with one attached hydrogen (secondary N) is 1. The maximum Gasteiger partial charge on any atom is 0.246 e. The van der Waals surface area contributed by atoms with Gasteiger partial charge < -0.3 is 5.32 Å². The minimum absolute atomic E-state index is 0.0220. The van der Waals surface area contributed by atoms with Crippen LogP contribution >= 0.6 is 0 Å². The zero-order valence-corrected chi connectivity index (χ0v) is 9.36. The maximum absolute atomic E-state index is 11.6. The molecule has 1 fully saturated rings.